The molecular formula is C13H17BrFNO2. The maximum Gasteiger partial charge on any atom is 0.252 e. The third kappa shape index (κ3) is 4.74. The minimum absolute atomic E-state index is 0.197. The van der Waals surface area contributed by atoms with Gasteiger partial charge in [0.15, 0.2) is 0 Å². The Balaban J connectivity index is 2.35. The number of carbonyl (C=O) groups excluding carboxylic acids is 1. The zero-order valence-corrected chi connectivity index (χ0v) is 11.7. The third-order valence-electron chi connectivity index (χ3n) is 2.57. The standard InChI is InChI=1S/C13H17BrFNO2/c14-12-10(6-5-7-11(12)15)13(18)16-8-3-1-2-4-9-17/h5-7,17H,1-4,8-9H2,(H,16,18). The van der Waals surface area contributed by atoms with Crippen molar-refractivity contribution in [3.63, 3.8) is 0 Å². The van der Waals surface area contributed by atoms with Gasteiger partial charge in [-0.25, -0.2) is 4.39 Å². The summed E-state index contributed by atoms with van der Waals surface area (Å²) in [4.78, 5) is 11.8. The number of aliphatic hydroxyl groups excluding tert-OH is 1. The molecule has 0 aliphatic rings. The molecule has 100 valence electrons. The van der Waals surface area contributed by atoms with Crippen LogP contribution in [-0.2, 0) is 0 Å². The van der Waals surface area contributed by atoms with Gasteiger partial charge < -0.3 is 10.4 Å². The van der Waals surface area contributed by atoms with Crippen molar-refractivity contribution in [2.24, 2.45) is 0 Å². The number of carbonyl (C=O) groups is 1. The van der Waals surface area contributed by atoms with Crippen LogP contribution in [0.15, 0.2) is 22.7 Å². The monoisotopic (exact) mass is 317 g/mol. The molecule has 0 radical (unpaired) electrons. The van der Waals surface area contributed by atoms with Gasteiger partial charge in [0, 0.05) is 13.2 Å². The Morgan fingerprint density at radius 1 is 1.28 bits per heavy atom. The summed E-state index contributed by atoms with van der Waals surface area (Å²) in [5.74, 6) is -0.714. The summed E-state index contributed by atoms with van der Waals surface area (Å²) in [7, 11) is 0. The highest BCUT2D eigenvalue weighted by Crippen LogP contribution is 2.20. The van der Waals surface area contributed by atoms with Gasteiger partial charge >= 0.3 is 0 Å². The first-order valence-electron chi connectivity index (χ1n) is 6.00. The normalized spacial score (nSPS) is 10.4. The van der Waals surface area contributed by atoms with Gasteiger partial charge in [0.25, 0.3) is 5.91 Å². The molecule has 1 rings (SSSR count). The molecule has 0 aliphatic carbocycles. The fourth-order valence-electron chi connectivity index (χ4n) is 1.57. The average molecular weight is 318 g/mol. The fourth-order valence-corrected chi connectivity index (χ4v) is 2.01. The van der Waals surface area contributed by atoms with Crippen LogP contribution >= 0.6 is 15.9 Å². The largest absolute Gasteiger partial charge is 0.396 e. The lowest BCUT2D eigenvalue weighted by molar-refractivity contribution is 0.0951. The van der Waals surface area contributed by atoms with E-state index in [4.69, 9.17) is 5.11 Å². The molecule has 0 heterocycles. The van der Waals surface area contributed by atoms with Gasteiger partial charge in [-0.15, -0.1) is 0 Å². The number of aliphatic hydroxyl groups is 1. The smallest absolute Gasteiger partial charge is 0.252 e. The van der Waals surface area contributed by atoms with Crippen LogP contribution < -0.4 is 5.32 Å². The van der Waals surface area contributed by atoms with Crippen molar-refractivity contribution in [2.45, 2.75) is 25.7 Å². The lowest BCUT2D eigenvalue weighted by Crippen LogP contribution is -2.25. The van der Waals surface area contributed by atoms with Crippen molar-refractivity contribution in [1.82, 2.24) is 5.32 Å². The van der Waals surface area contributed by atoms with E-state index in [1.54, 1.807) is 6.07 Å². The topological polar surface area (TPSA) is 49.3 Å². The molecule has 1 amide bonds. The molecule has 0 spiro atoms. The number of nitrogens with one attached hydrogen (secondary N) is 1. The maximum atomic E-state index is 13.2. The molecular weight excluding hydrogens is 301 g/mol. The molecule has 3 nitrogen and oxygen atoms in total. The summed E-state index contributed by atoms with van der Waals surface area (Å²) in [5.41, 5.74) is 0.311. The number of halogens is 2. The molecule has 18 heavy (non-hydrogen) atoms. The third-order valence-corrected chi connectivity index (χ3v) is 3.37. The SMILES string of the molecule is O=C(NCCCCCCO)c1cccc(F)c1Br. The van der Waals surface area contributed by atoms with E-state index >= 15 is 0 Å². The Hall–Kier alpha value is -0.940. The number of hydrogen-bond donors (Lipinski definition) is 2. The average Bonchev–Trinajstić information content (AvgIpc) is 2.36. The van der Waals surface area contributed by atoms with E-state index in [0.717, 1.165) is 25.7 Å². The summed E-state index contributed by atoms with van der Waals surface area (Å²) < 4.78 is 13.4. The van der Waals surface area contributed by atoms with Crippen LogP contribution in [0.25, 0.3) is 0 Å². The second kappa shape index (κ2) is 8.21. The molecule has 0 bridgehead atoms. The minimum Gasteiger partial charge on any atom is -0.396 e. The maximum absolute atomic E-state index is 13.2. The predicted octanol–water partition coefficient (Wildman–Crippen LogP) is 2.87. The molecule has 1 aromatic carbocycles. The highest BCUT2D eigenvalue weighted by molar-refractivity contribution is 9.10. The summed E-state index contributed by atoms with van der Waals surface area (Å²) in [6, 6.07) is 4.39. The number of rotatable bonds is 7. The molecule has 2 N–H and O–H groups in total. The van der Waals surface area contributed by atoms with Crippen LogP contribution in [0.4, 0.5) is 4.39 Å². The predicted molar refractivity (Wildman–Crippen MR) is 72.0 cm³/mol. The van der Waals surface area contributed by atoms with Crippen LogP contribution in [0.5, 0.6) is 0 Å². The molecule has 5 heteroatoms. The van der Waals surface area contributed by atoms with E-state index in [-0.39, 0.29) is 17.0 Å². The Labute approximate surface area is 115 Å². The van der Waals surface area contributed by atoms with E-state index in [9.17, 15) is 9.18 Å². The Morgan fingerprint density at radius 2 is 2.00 bits per heavy atom. The molecule has 1 aromatic rings. The van der Waals surface area contributed by atoms with Crippen molar-refractivity contribution in [1.29, 1.82) is 0 Å². The molecule has 0 fully saturated rings. The van der Waals surface area contributed by atoms with Crippen molar-refractivity contribution < 1.29 is 14.3 Å². The number of unbranched alkanes of at least 4 members (excludes halogenated alkanes) is 3. The Kier molecular flexibility index (Phi) is 6.90. The minimum atomic E-state index is -0.439. The van der Waals surface area contributed by atoms with Crippen LogP contribution in [-0.4, -0.2) is 24.2 Å². The number of amides is 1. The molecule has 0 aromatic heterocycles. The first-order chi connectivity index (χ1) is 8.66. The Morgan fingerprint density at radius 3 is 2.72 bits per heavy atom. The molecule has 0 unspecified atom stereocenters. The molecule has 0 atom stereocenters. The highest BCUT2D eigenvalue weighted by Gasteiger charge is 2.11. The van der Waals surface area contributed by atoms with Gasteiger partial charge in [0.2, 0.25) is 0 Å². The summed E-state index contributed by atoms with van der Waals surface area (Å²) in [6.45, 7) is 0.774. The Bertz CT molecular complexity index is 399. The zero-order chi connectivity index (χ0) is 13.4. The quantitative estimate of drug-likeness (QED) is 0.760. The van der Waals surface area contributed by atoms with E-state index in [2.05, 4.69) is 21.2 Å². The summed E-state index contributed by atoms with van der Waals surface area (Å²) >= 11 is 3.06. The molecule has 0 saturated carbocycles. The van der Waals surface area contributed by atoms with Crippen molar-refractivity contribution in [3.05, 3.63) is 34.1 Å². The number of benzene rings is 1. The second-order valence-electron chi connectivity index (χ2n) is 4.00. The fraction of sp³-hybridized carbons (Fsp3) is 0.462. The van der Waals surface area contributed by atoms with E-state index in [0.29, 0.717) is 12.1 Å². The van der Waals surface area contributed by atoms with Crippen molar-refractivity contribution in [2.75, 3.05) is 13.2 Å². The van der Waals surface area contributed by atoms with Gasteiger partial charge in [-0.2, -0.15) is 0 Å². The lowest BCUT2D eigenvalue weighted by atomic mass is 10.2. The second-order valence-corrected chi connectivity index (χ2v) is 4.79. The van der Waals surface area contributed by atoms with E-state index in [1.807, 2.05) is 0 Å². The number of hydrogen-bond acceptors (Lipinski definition) is 2. The van der Waals surface area contributed by atoms with E-state index in [1.165, 1.54) is 12.1 Å². The van der Waals surface area contributed by atoms with Crippen LogP contribution in [0.3, 0.4) is 0 Å². The molecule has 0 saturated heterocycles. The van der Waals surface area contributed by atoms with Gasteiger partial charge in [-0.1, -0.05) is 18.9 Å². The molecule has 0 aliphatic heterocycles. The summed E-state index contributed by atoms with van der Waals surface area (Å²) in [6.07, 6.45) is 3.57. The van der Waals surface area contributed by atoms with Crippen molar-refractivity contribution in [3.8, 4) is 0 Å². The van der Waals surface area contributed by atoms with Gasteiger partial charge in [0.05, 0.1) is 10.0 Å². The van der Waals surface area contributed by atoms with Crippen molar-refractivity contribution >= 4 is 21.8 Å². The summed E-state index contributed by atoms with van der Waals surface area (Å²) in [5, 5.41) is 11.4. The highest BCUT2D eigenvalue weighted by atomic mass is 79.9. The lowest BCUT2D eigenvalue weighted by Gasteiger charge is -2.07. The van der Waals surface area contributed by atoms with Gasteiger partial charge in [-0.05, 0) is 40.9 Å². The van der Waals surface area contributed by atoms with Crippen LogP contribution in [0.2, 0.25) is 0 Å². The zero-order valence-electron chi connectivity index (χ0n) is 10.1. The van der Waals surface area contributed by atoms with Crippen LogP contribution in [0, 0.1) is 5.82 Å². The van der Waals surface area contributed by atoms with Gasteiger partial charge in [-0.3, -0.25) is 4.79 Å². The first-order valence-corrected chi connectivity index (χ1v) is 6.79. The van der Waals surface area contributed by atoms with Gasteiger partial charge in [0.1, 0.15) is 5.82 Å². The first kappa shape index (κ1) is 15.1. The van der Waals surface area contributed by atoms with E-state index < -0.39 is 5.82 Å². The van der Waals surface area contributed by atoms with Crippen LogP contribution in [0.1, 0.15) is 36.0 Å².